The molecule has 1 unspecified atom stereocenters. The highest BCUT2D eigenvalue weighted by Gasteiger charge is 2.31. The van der Waals surface area contributed by atoms with E-state index in [0.717, 1.165) is 30.5 Å². The first-order valence-corrected chi connectivity index (χ1v) is 9.74. The van der Waals surface area contributed by atoms with Crippen LogP contribution in [0.4, 0.5) is 17.6 Å². The van der Waals surface area contributed by atoms with E-state index in [1.54, 1.807) is 18.2 Å². The minimum absolute atomic E-state index is 0.120. The fraction of sp³-hybridized carbons (Fsp3) is 0.409. The summed E-state index contributed by atoms with van der Waals surface area (Å²) in [6, 6.07) is 11.7. The van der Waals surface area contributed by atoms with Crippen LogP contribution in [0, 0.1) is 5.82 Å². The average molecular weight is 408 g/mol. The van der Waals surface area contributed by atoms with E-state index in [4.69, 9.17) is 0 Å². The third-order valence-corrected chi connectivity index (χ3v) is 5.24. The molecule has 0 saturated carbocycles. The smallest absolute Gasteiger partial charge is 0.339 e. The molecule has 0 aliphatic carbocycles. The SMILES string of the molecule is O=C1CCC(CCNCc2cccc(C(F)(F)F)c2)N1CCc1ccc(F)cc1. The lowest BCUT2D eigenvalue weighted by molar-refractivity contribution is -0.137. The molecule has 1 amide bonds. The lowest BCUT2D eigenvalue weighted by Crippen LogP contribution is -2.36. The maximum Gasteiger partial charge on any atom is 0.416 e. The van der Waals surface area contributed by atoms with Gasteiger partial charge in [0.2, 0.25) is 5.91 Å². The lowest BCUT2D eigenvalue weighted by Gasteiger charge is -2.25. The van der Waals surface area contributed by atoms with Gasteiger partial charge in [-0.3, -0.25) is 4.79 Å². The normalized spacial score (nSPS) is 17.2. The van der Waals surface area contributed by atoms with Crippen LogP contribution in [0.15, 0.2) is 48.5 Å². The summed E-state index contributed by atoms with van der Waals surface area (Å²) >= 11 is 0. The van der Waals surface area contributed by atoms with Gasteiger partial charge in [-0.05, 0) is 55.1 Å². The number of halogens is 4. The number of likely N-dealkylation sites (tertiary alicyclic amines) is 1. The largest absolute Gasteiger partial charge is 0.416 e. The van der Waals surface area contributed by atoms with Crippen LogP contribution >= 0.6 is 0 Å². The van der Waals surface area contributed by atoms with Gasteiger partial charge >= 0.3 is 6.18 Å². The van der Waals surface area contributed by atoms with Crippen molar-refractivity contribution in [3.05, 3.63) is 71.0 Å². The van der Waals surface area contributed by atoms with Crippen molar-refractivity contribution >= 4 is 5.91 Å². The summed E-state index contributed by atoms with van der Waals surface area (Å²) in [5, 5.41) is 3.18. The third kappa shape index (κ3) is 6.03. The minimum atomic E-state index is -4.34. The second-order valence-corrected chi connectivity index (χ2v) is 7.32. The molecule has 1 heterocycles. The Kier molecular flexibility index (Phi) is 6.90. The molecule has 29 heavy (non-hydrogen) atoms. The molecule has 0 radical (unpaired) electrons. The second kappa shape index (κ2) is 9.39. The van der Waals surface area contributed by atoms with Gasteiger partial charge in [0.05, 0.1) is 5.56 Å². The zero-order valence-corrected chi connectivity index (χ0v) is 16.0. The van der Waals surface area contributed by atoms with Crippen LogP contribution in [0.2, 0.25) is 0 Å². The standard InChI is InChI=1S/C22H24F4N2O/c23-19-6-4-16(5-7-19)11-13-28-20(8-9-21(28)29)10-12-27-15-17-2-1-3-18(14-17)22(24,25)26/h1-7,14,20,27H,8-13,15H2. The molecule has 3 rings (SSSR count). The first-order chi connectivity index (χ1) is 13.8. The average Bonchev–Trinajstić information content (AvgIpc) is 3.04. The van der Waals surface area contributed by atoms with E-state index in [-0.39, 0.29) is 17.8 Å². The van der Waals surface area contributed by atoms with Crippen molar-refractivity contribution in [2.75, 3.05) is 13.1 Å². The maximum atomic E-state index is 13.0. The highest BCUT2D eigenvalue weighted by Crippen LogP contribution is 2.29. The van der Waals surface area contributed by atoms with E-state index in [1.807, 2.05) is 4.90 Å². The highest BCUT2D eigenvalue weighted by atomic mass is 19.4. The van der Waals surface area contributed by atoms with E-state index in [0.29, 0.717) is 38.0 Å². The molecule has 1 aliphatic rings. The first kappa shape index (κ1) is 21.3. The molecular weight excluding hydrogens is 384 g/mol. The predicted octanol–water partition coefficient (Wildman–Crippen LogP) is 4.56. The fourth-order valence-electron chi connectivity index (χ4n) is 3.66. The molecule has 0 bridgehead atoms. The molecule has 1 aliphatic heterocycles. The minimum Gasteiger partial charge on any atom is -0.339 e. The summed E-state index contributed by atoms with van der Waals surface area (Å²) in [4.78, 5) is 14.1. The number of nitrogens with one attached hydrogen (secondary N) is 1. The number of nitrogens with zero attached hydrogens (tertiary/aromatic N) is 1. The highest BCUT2D eigenvalue weighted by molar-refractivity contribution is 5.78. The Morgan fingerprint density at radius 2 is 1.83 bits per heavy atom. The molecule has 2 aromatic carbocycles. The fourth-order valence-corrected chi connectivity index (χ4v) is 3.66. The zero-order valence-electron chi connectivity index (χ0n) is 16.0. The molecule has 2 aromatic rings. The Morgan fingerprint density at radius 1 is 1.07 bits per heavy atom. The molecule has 0 spiro atoms. The number of carbonyl (C=O) groups excluding carboxylic acids is 1. The molecule has 7 heteroatoms. The van der Waals surface area contributed by atoms with Crippen LogP contribution in [0.25, 0.3) is 0 Å². The third-order valence-electron chi connectivity index (χ3n) is 5.24. The quantitative estimate of drug-likeness (QED) is 0.513. The molecule has 0 aromatic heterocycles. The molecule has 1 N–H and O–H groups in total. The first-order valence-electron chi connectivity index (χ1n) is 9.74. The summed E-state index contributed by atoms with van der Waals surface area (Å²) < 4.78 is 51.3. The number of amides is 1. The van der Waals surface area contributed by atoms with Gasteiger partial charge in [-0.1, -0.05) is 30.3 Å². The Labute approximate surface area is 167 Å². The molecule has 1 saturated heterocycles. The maximum absolute atomic E-state index is 13.0. The van der Waals surface area contributed by atoms with Crippen LogP contribution in [-0.2, 0) is 23.9 Å². The van der Waals surface area contributed by atoms with E-state index in [1.165, 1.54) is 18.2 Å². The summed E-state index contributed by atoms with van der Waals surface area (Å²) in [5.74, 6) is -0.161. The molecule has 156 valence electrons. The van der Waals surface area contributed by atoms with Crippen LogP contribution in [0.3, 0.4) is 0 Å². The predicted molar refractivity (Wildman–Crippen MR) is 103 cm³/mol. The van der Waals surface area contributed by atoms with Crippen molar-refractivity contribution in [1.82, 2.24) is 10.2 Å². The molecule has 1 fully saturated rings. The van der Waals surface area contributed by atoms with Crippen LogP contribution in [0.5, 0.6) is 0 Å². The topological polar surface area (TPSA) is 32.3 Å². The van der Waals surface area contributed by atoms with Crippen molar-refractivity contribution in [1.29, 1.82) is 0 Å². The van der Waals surface area contributed by atoms with Crippen molar-refractivity contribution in [3.63, 3.8) is 0 Å². The number of hydrogen-bond acceptors (Lipinski definition) is 2. The lowest BCUT2D eigenvalue weighted by atomic mass is 10.1. The van der Waals surface area contributed by atoms with E-state index in [2.05, 4.69) is 5.32 Å². The Morgan fingerprint density at radius 3 is 2.55 bits per heavy atom. The van der Waals surface area contributed by atoms with Gasteiger partial charge in [0.25, 0.3) is 0 Å². The van der Waals surface area contributed by atoms with E-state index < -0.39 is 11.7 Å². The number of hydrogen-bond donors (Lipinski definition) is 1. The Bertz CT molecular complexity index is 820. The van der Waals surface area contributed by atoms with Crippen molar-refractivity contribution in [3.8, 4) is 0 Å². The summed E-state index contributed by atoms with van der Waals surface area (Å²) in [6.07, 6.45) is -1.63. The summed E-state index contributed by atoms with van der Waals surface area (Å²) in [5.41, 5.74) is 0.910. The van der Waals surface area contributed by atoms with Gasteiger partial charge in [0, 0.05) is 25.6 Å². The van der Waals surface area contributed by atoms with Crippen LogP contribution < -0.4 is 5.32 Å². The number of benzene rings is 2. The summed E-state index contributed by atoms with van der Waals surface area (Å²) in [6.45, 7) is 1.55. The van der Waals surface area contributed by atoms with Crippen LogP contribution in [0.1, 0.15) is 36.0 Å². The molecular formula is C22H24F4N2O. The number of rotatable bonds is 8. The van der Waals surface area contributed by atoms with E-state index >= 15 is 0 Å². The van der Waals surface area contributed by atoms with Gasteiger partial charge in [-0.25, -0.2) is 4.39 Å². The molecule has 3 nitrogen and oxygen atoms in total. The van der Waals surface area contributed by atoms with Gasteiger partial charge in [0.15, 0.2) is 0 Å². The van der Waals surface area contributed by atoms with Gasteiger partial charge in [-0.15, -0.1) is 0 Å². The van der Waals surface area contributed by atoms with Crippen molar-refractivity contribution < 1.29 is 22.4 Å². The monoisotopic (exact) mass is 408 g/mol. The number of carbonyl (C=O) groups is 1. The Balaban J connectivity index is 1.45. The number of alkyl halides is 3. The second-order valence-electron chi connectivity index (χ2n) is 7.32. The van der Waals surface area contributed by atoms with Gasteiger partial charge < -0.3 is 10.2 Å². The zero-order chi connectivity index (χ0) is 20.9. The van der Waals surface area contributed by atoms with Crippen molar-refractivity contribution in [2.45, 2.75) is 44.4 Å². The Hall–Kier alpha value is -2.41. The van der Waals surface area contributed by atoms with Gasteiger partial charge in [0.1, 0.15) is 5.82 Å². The van der Waals surface area contributed by atoms with Crippen LogP contribution in [-0.4, -0.2) is 29.9 Å². The summed E-state index contributed by atoms with van der Waals surface area (Å²) in [7, 11) is 0. The van der Waals surface area contributed by atoms with Crippen molar-refractivity contribution in [2.24, 2.45) is 0 Å². The van der Waals surface area contributed by atoms with E-state index in [9.17, 15) is 22.4 Å². The molecule has 1 atom stereocenters. The van der Waals surface area contributed by atoms with Gasteiger partial charge in [-0.2, -0.15) is 13.2 Å².